The molecule has 1 unspecified atom stereocenters. The SMILES string of the molecule is Oc1cccc2c1OC(I)O2. The Balaban J connectivity index is 2.49. The number of phenols is 1. The lowest BCUT2D eigenvalue weighted by molar-refractivity contribution is 0.150. The number of hydrogen-bond acceptors (Lipinski definition) is 3. The summed E-state index contributed by atoms with van der Waals surface area (Å²) in [6, 6.07) is 5.04. The molecule has 1 heterocycles. The van der Waals surface area contributed by atoms with Gasteiger partial charge in [-0.1, -0.05) is 6.07 Å². The quantitative estimate of drug-likeness (QED) is 0.574. The summed E-state index contributed by atoms with van der Waals surface area (Å²) >= 11 is 1.99. The van der Waals surface area contributed by atoms with Crippen LogP contribution in [0.5, 0.6) is 17.2 Å². The summed E-state index contributed by atoms with van der Waals surface area (Å²) in [7, 11) is 0. The number of ether oxygens (including phenoxy) is 2. The van der Waals surface area contributed by atoms with E-state index in [1.807, 2.05) is 22.6 Å². The molecule has 58 valence electrons. The van der Waals surface area contributed by atoms with Gasteiger partial charge in [0.15, 0.2) is 11.5 Å². The molecule has 3 nitrogen and oxygen atoms in total. The molecule has 11 heavy (non-hydrogen) atoms. The minimum absolute atomic E-state index is 0.127. The van der Waals surface area contributed by atoms with Gasteiger partial charge in [0, 0.05) is 22.6 Å². The summed E-state index contributed by atoms with van der Waals surface area (Å²) in [4.78, 5) is 0. The van der Waals surface area contributed by atoms with Crippen LogP contribution >= 0.6 is 22.6 Å². The molecule has 0 radical (unpaired) electrons. The first-order valence-corrected chi connectivity index (χ1v) is 4.31. The zero-order valence-electron chi connectivity index (χ0n) is 5.45. The average molecular weight is 264 g/mol. The first-order valence-electron chi connectivity index (χ1n) is 3.07. The summed E-state index contributed by atoms with van der Waals surface area (Å²) in [5, 5.41) is 9.24. The van der Waals surface area contributed by atoms with Crippen LogP contribution in [-0.4, -0.2) is 9.40 Å². The maximum absolute atomic E-state index is 9.24. The molecule has 4 heteroatoms. The summed E-state index contributed by atoms with van der Waals surface area (Å²) in [6.45, 7) is 0. The second-order valence-electron chi connectivity index (χ2n) is 2.11. The Hall–Kier alpha value is -0.650. The van der Waals surface area contributed by atoms with Crippen molar-refractivity contribution in [3.8, 4) is 17.2 Å². The van der Waals surface area contributed by atoms with Crippen LogP contribution in [0.15, 0.2) is 18.2 Å². The van der Waals surface area contributed by atoms with Gasteiger partial charge < -0.3 is 14.6 Å². The van der Waals surface area contributed by atoms with Gasteiger partial charge in [0.25, 0.3) is 4.30 Å². The molecule has 1 aromatic rings. The van der Waals surface area contributed by atoms with Crippen LogP contribution in [0.25, 0.3) is 0 Å². The lowest BCUT2D eigenvalue weighted by Crippen LogP contribution is -2.06. The molecule has 1 aliphatic heterocycles. The molecule has 0 aliphatic carbocycles. The molecular formula is C7H5IO3. The zero-order chi connectivity index (χ0) is 7.84. The summed E-state index contributed by atoms with van der Waals surface area (Å²) < 4.78 is 10.0. The molecule has 1 aliphatic rings. The fraction of sp³-hybridized carbons (Fsp3) is 0.143. The predicted octanol–water partition coefficient (Wildman–Crippen LogP) is 1.88. The molecule has 1 atom stereocenters. The molecule has 0 fully saturated rings. The third-order valence-corrected chi connectivity index (χ3v) is 1.90. The van der Waals surface area contributed by atoms with Crippen molar-refractivity contribution in [2.45, 2.75) is 4.30 Å². The standard InChI is InChI=1S/C7H5IO3/c8-7-10-5-3-1-2-4(9)6(5)11-7/h1-3,7,9H. The van der Waals surface area contributed by atoms with Crippen LogP contribution in [0.3, 0.4) is 0 Å². The molecule has 1 N–H and O–H groups in total. The Morgan fingerprint density at radius 1 is 1.36 bits per heavy atom. The monoisotopic (exact) mass is 264 g/mol. The Bertz CT molecular complexity index is 287. The van der Waals surface area contributed by atoms with Crippen LogP contribution in [0.1, 0.15) is 0 Å². The molecular weight excluding hydrogens is 259 g/mol. The number of benzene rings is 1. The Labute approximate surface area is 77.1 Å². The normalized spacial score (nSPS) is 20.3. The van der Waals surface area contributed by atoms with Crippen molar-refractivity contribution in [1.82, 2.24) is 0 Å². The maximum Gasteiger partial charge on any atom is 0.293 e. The van der Waals surface area contributed by atoms with Crippen molar-refractivity contribution in [3.05, 3.63) is 18.2 Å². The molecule has 2 rings (SSSR count). The predicted molar refractivity (Wildman–Crippen MR) is 47.2 cm³/mol. The highest BCUT2D eigenvalue weighted by Crippen LogP contribution is 2.42. The molecule has 0 saturated heterocycles. The highest BCUT2D eigenvalue weighted by atomic mass is 127. The Kier molecular flexibility index (Phi) is 1.56. The van der Waals surface area contributed by atoms with Crippen LogP contribution in [0, 0.1) is 0 Å². The van der Waals surface area contributed by atoms with Gasteiger partial charge in [-0.15, -0.1) is 0 Å². The summed E-state index contributed by atoms with van der Waals surface area (Å²) in [5.74, 6) is 1.16. The van der Waals surface area contributed by atoms with Crippen LogP contribution < -0.4 is 9.47 Å². The van der Waals surface area contributed by atoms with Gasteiger partial charge in [0.1, 0.15) is 0 Å². The molecule has 0 aromatic heterocycles. The van der Waals surface area contributed by atoms with E-state index in [9.17, 15) is 5.11 Å². The molecule has 1 aromatic carbocycles. The minimum atomic E-state index is -0.323. The zero-order valence-corrected chi connectivity index (χ0v) is 7.61. The number of hydrogen-bond donors (Lipinski definition) is 1. The van der Waals surface area contributed by atoms with Gasteiger partial charge in [-0.2, -0.15) is 0 Å². The van der Waals surface area contributed by atoms with E-state index in [-0.39, 0.29) is 10.0 Å². The molecule has 0 spiro atoms. The van der Waals surface area contributed by atoms with E-state index in [1.54, 1.807) is 18.2 Å². The first kappa shape index (κ1) is 7.02. The van der Waals surface area contributed by atoms with Gasteiger partial charge in [-0.25, -0.2) is 0 Å². The summed E-state index contributed by atoms with van der Waals surface area (Å²) in [6.07, 6.45) is 0. The van der Waals surface area contributed by atoms with Crippen molar-refractivity contribution < 1.29 is 14.6 Å². The molecule has 0 amide bonds. The van der Waals surface area contributed by atoms with Crippen molar-refractivity contribution >= 4 is 22.6 Å². The van der Waals surface area contributed by atoms with E-state index in [0.717, 1.165) is 0 Å². The van der Waals surface area contributed by atoms with Crippen LogP contribution in [0.4, 0.5) is 0 Å². The third-order valence-electron chi connectivity index (χ3n) is 1.39. The van der Waals surface area contributed by atoms with Gasteiger partial charge in [-0.05, 0) is 12.1 Å². The number of para-hydroxylation sites is 1. The van der Waals surface area contributed by atoms with E-state index in [2.05, 4.69) is 0 Å². The maximum atomic E-state index is 9.24. The second-order valence-corrected chi connectivity index (χ2v) is 3.13. The van der Waals surface area contributed by atoms with Crippen molar-refractivity contribution in [2.75, 3.05) is 0 Å². The lowest BCUT2D eigenvalue weighted by atomic mass is 10.3. The van der Waals surface area contributed by atoms with E-state index in [1.165, 1.54) is 0 Å². The highest BCUT2D eigenvalue weighted by molar-refractivity contribution is 14.1. The van der Waals surface area contributed by atoms with Gasteiger partial charge in [0.2, 0.25) is 5.75 Å². The average Bonchev–Trinajstić information content (AvgIpc) is 2.31. The van der Waals surface area contributed by atoms with Crippen LogP contribution in [-0.2, 0) is 0 Å². The van der Waals surface area contributed by atoms with Gasteiger partial charge in [0.05, 0.1) is 0 Å². The number of alkyl halides is 1. The fourth-order valence-electron chi connectivity index (χ4n) is 0.932. The fourth-order valence-corrected chi connectivity index (χ4v) is 1.46. The second kappa shape index (κ2) is 2.44. The highest BCUT2D eigenvalue weighted by Gasteiger charge is 2.23. The Morgan fingerprint density at radius 2 is 2.18 bits per heavy atom. The minimum Gasteiger partial charge on any atom is -0.504 e. The summed E-state index contributed by atoms with van der Waals surface area (Å²) in [5.41, 5.74) is 0. The third kappa shape index (κ3) is 1.11. The number of aromatic hydroxyl groups is 1. The Morgan fingerprint density at radius 3 is 2.91 bits per heavy atom. The molecule has 0 bridgehead atoms. The number of phenolic OH excluding ortho intramolecular Hbond substituents is 1. The molecule has 0 saturated carbocycles. The van der Waals surface area contributed by atoms with Crippen molar-refractivity contribution in [2.24, 2.45) is 0 Å². The van der Waals surface area contributed by atoms with E-state index in [0.29, 0.717) is 11.5 Å². The lowest BCUT2D eigenvalue weighted by Gasteiger charge is -1.98. The van der Waals surface area contributed by atoms with Crippen LogP contribution in [0.2, 0.25) is 0 Å². The number of halogens is 1. The van der Waals surface area contributed by atoms with E-state index >= 15 is 0 Å². The largest absolute Gasteiger partial charge is 0.504 e. The van der Waals surface area contributed by atoms with Crippen molar-refractivity contribution in [3.63, 3.8) is 0 Å². The van der Waals surface area contributed by atoms with E-state index in [4.69, 9.17) is 9.47 Å². The number of rotatable bonds is 0. The smallest absolute Gasteiger partial charge is 0.293 e. The van der Waals surface area contributed by atoms with Gasteiger partial charge in [-0.3, -0.25) is 0 Å². The van der Waals surface area contributed by atoms with Gasteiger partial charge >= 0.3 is 0 Å². The topological polar surface area (TPSA) is 38.7 Å². The first-order chi connectivity index (χ1) is 5.27. The number of fused-ring (bicyclic) bond motifs is 1. The van der Waals surface area contributed by atoms with Crippen molar-refractivity contribution in [1.29, 1.82) is 0 Å². The van der Waals surface area contributed by atoms with E-state index < -0.39 is 0 Å².